The summed E-state index contributed by atoms with van der Waals surface area (Å²) in [6.07, 6.45) is 0.511. The Morgan fingerprint density at radius 2 is 2.13 bits per heavy atom. The van der Waals surface area contributed by atoms with E-state index < -0.39 is 5.97 Å². The highest BCUT2D eigenvalue weighted by Gasteiger charge is 2.05. The van der Waals surface area contributed by atoms with Crippen LogP contribution in [0.15, 0.2) is 24.3 Å². The molecule has 0 saturated heterocycles. The molecule has 4 heteroatoms. The van der Waals surface area contributed by atoms with Crippen LogP contribution in [-0.4, -0.2) is 31.4 Å². The molecule has 0 aliphatic heterocycles. The van der Waals surface area contributed by atoms with E-state index in [9.17, 15) is 4.79 Å². The lowest BCUT2D eigenvalue weighted by Crippen LogP contribution is -2.13. The molecule has 1 rings (SSSR count). The van der Waals surface area contributed by atoms with Crippen LogP contribution >= 0.6 is 0 Å². The van der Waals surface area contributed by atoms with Crippen molar-refractivity contribution in [2.45, 2.75) is 6.42 Å². The van der Waals surface area contributed by atoms with Gasteiger partial charge in [-0.25, -0.2) is 4.79 Å². The summed E-state index contributed by atoms with van der Waals surface area (Å²) in [5, 5.41) is 8.82. The molecule has 1 N–H and O–H groups in total. The molecule has 0 unspecified atom stereocenters. The van der Waals surface area contributed by atoms with Crippen LogP contribution in [0.2, 0.25) is 0 Å². The van der Waals surface area contributed by atoms with Gasteiger partial charge in [0.25, 0.3) is 0 Å². The molecule has 0 amide bonds. The summed E-state index contributed by atoms with van der Waals surface area (Å²) in [6.45, 7) is -0.0580. The van der Waals surface area contributed by atoms with Gasteiger partial charge in [0, 0.05) is 6.61 Å². The number of rotatable bonds is 5. The average molecular weight is 210 g/mol. The number of para-hydroxylation sites is 1. The number of hydrogen-bond acceptors (Lipinski definition) is 4. The molecule has 1 aromatic carbocycles. The lowest BCUT2D eigenvalue weighted by molar-refractivity contribution is -0.142. The van der Waals surface area contributed by atoms with Crippen molar-refractivity contribution in [3.8, 4) is 5.75 Å². The first kappa shape index (κ1) is 11.5. The Labute approximate surface area is 88.4 Å². The van der Waals surface area contributed by atoms with Crippen molar-refractivity contribution in [3.05, 3.63) is 29.8 Å². The predicted octanol–water partition coefficient (Wildman–Crippen LogP) is 0.773. The molecule has 82 valence electrons. The first-order valence-electron chi connectivity index (χ1n) is 4.66. The summed E-state index contributed by atoms with van der Waals surface area (Å²) >= 11 is 0. The van der Waals surface area contributed by atoms with E-state index in [2.05, 4.69) is 4.74 Å². The molecule has 4 nitrogen and oxygen atoms in total. The van der Waals surface area contributed by atoms with E-state index in [-0.39, 0.29) is 13.2 Å². The number of carbonyl (C=O) groups excluding carboxylic acids is 1. The number of methoxy groups -OCH3 is 1. The van der Waals surface area contributed by atoms with Gasteiger partial charge in [-0.05, 0) is 18.1 Å². The number of aliphatic hydroxyl groups is 1. The fraction of sp³-hybridized carbons (Fsp3) is 0.364. The molecule has 0 heterocycles. The van der Waals surface area contributed by atoms with Crippen LogP contribution < -0.4 is 4.74 Å². The minimum absolute atomic E-state index is 0.0542. The second-order valence-electron chi connectivity index (χ2n) is 2.95. The van der Waals surface area contributed by atoms with Gasteiger partial charge < -0.3 is 14.6 Å². The lowest BCUT2D eigenvalue weighted by Gasteiger charge is -2.09. The highest BCUT2D eigenvalue weighted by atomic mass is 16.6. The van der Waals surface area contributed by atoms with Crippen molar-refractivity contribution in [1.82, 2.24) is 0 Å². The standard InChI is InChI=1S/C11H14O4/c1-14-11(13)8-15-10-5-3-2-4-9(10)6-7-12/h2-5,12H,6-8H2,1H3. The molecular formula is C11H14O4. The number of esters is 1. The topological polar surface area (TPSA) is 55.8 Å². The maximum Gasteiger partial charge on any atom is 0.343 e. The van der Waals surface area contributed by atoms with E-state index in [0.29, 0.717) is 12.2 Å². The molecule has 1 aromatic rings. The van der Waals surface area contributed by atoms with Crippen LogP contribution in [0.5, 0.6) is 5.75 Å². The van der Waals surface area contributed by atoms with Crippen LogP contribution in [-0.2, 0) is 16.0 Å². The first-order chi connectivity index (χ1) is 7.27. The summed E-state index contributed by atoms with van der Waals surface area (Å²) in [7, 11) is 1.31. The van der Waals surface area contributed by atoms with E-state index in [4.69, 9.17) is 9.84 Å². The largest absolute Gasteiger partial charge is 0.482 e. The van der Waals surface area contributed by atoms with E-state index in [1.54, 1.807) is 6.07 Å². The lowest BCUT2D eigenvalue weighted by atomic mass is 10.1. The van der Waals surface area contributed by atoms with Gasteiger partial charge >= 0.3 is 5.97 Å². The summed E-state index contributed by atoms with van der Waals surface area (Å²) in [5.41, 5.74) is 0.879. The Morgan fingerprint density at radius 3 is 2.80 bits per heavy atom. The smallest absolute Gasteiger partial charge is 0.343 e. The highest BCUT2D eigenvalue weighted by molar-refractivity contribution is 5.70. The number of hydrogen-bond donors (Lipinski definition) is 1. The van der Waals surface area contributed by atoms with Gasteiger partial charge in [-0.2, -0.15) is 0 Å². The van der Waals surface area contributed by atoms with Crippen LogP contribution in [0.1, 0.15) is 5.56 Å². The van der Waals surface area contributed by atoms with E-state index in [1.165, 1.54) is 7.11 Å². The van der Waals surface area contributed by atoms with Crippen molar-refractivity contribution in [2.75, 3.05) is 20.3 Å². The van der Waals surface area contributed by atoms with E-state index in [1.807, 2.05) is 18.2 Å². The predicted molar refractivity (Wildman–Crippen MR) is 54.7 cm³/mol. The zero-order valence-corrected chi connectivity index (χ0v) is 8.60. The summed E-state index contributed by atoms with van der Waals surface area (Å²) in [4.78, 5) is 10.9. The molecule has 0 aliphatic rings. The van der Waals surface area contributed by atoms with Crippen LogP contribution in [0.3, 0.4) is 0 Å². The fourth-order valence-corrected chi connectivity index (χ4v) is 1.17. The third kappa shape index (κ3) is 3.59. The Morgan fingerprint density at radius 1 is 1.40 bits per heavy atom. The number of benzene rings is 1. The fourth-order valence-electron chi connectivity index (χ4n) is 1.17. The number of carbonyl (C=O) groups is 1. The summed E-state index contributed by atoms with van der Waals surface area (Å²) in [6, 6.07) is 7.28. The molecule has 0 spiro atoms. The summed E-state index contributed by atoms with van der Waals surface area (Å²) in [5.74, 6) is 0.186. The van der Waals surface area contributed by atoms with Crippen molar-refractivity contribution in [1.29, 1.82) is 0 Å². The normalized spacial score (nSPS) is 9.73. The van der Waals surface area contributed by atoms with E-state index >= 15 is 0 Å². The van der Waals surface area contributed by atoms with Gasteiger partial charge in [-0.1, -0.05) is 18.2 Å². The maximum atomic E-state index is 10.9. The Balaban J connectivity index is 2.62. The van der Waals surface area contributed by atoms with Gasteiger partial charge in [0.15, 0.2) is 6.61 Å². The zero-order valence-electron chi connectivity index (χ0n) is 8.60. The quantitative estimate of drug-likeness (QED) is 0.729. The summed E-state index contributed by atoms with van der Waals surface area (Å²) < 4.78 is 9.72. The second-order valence-corrected chi connectivity index (χ2v) is 2.95. The van der Waals surface area contributed by atoms with Crippen LogP contribution in [0.25, 0.3) is 0 Å². The molecule has 0 aromatic heterocycles. The van der Waals surface area contributed by atoms with Crippen LogP contribution in [0, 0.1) is 0 Å². The monoisotopic (exact) mass is 210 g/mol. The number of ether oxygens (including phenoxy) is 2. The minimum Gasteiger partial charge on any atom is -0.482 e. The van der Waals surface area contributed by atoms with Crippen molar-refractivity contribution < 1.29 is 19.4 Å². The first-order valence-corrected chi connectivity index (χ1v) is 4.66. The van der Waals surface area contributed by atoms with E-state index in [0.717, 1.165) is 5.56 Å². The van der Waals surface area contributed by atoms with Gasteiger partial charge in [0.1, 0.15) is 5.75 Å². The van der Waals surface area contributed by atoms with Gasteiger partial charge in [0.05, 0.1) is 7.11 Å². The second kappa shape index (κ2) is 6.03. The zero-order chi connectivity index (χ0) is 11.1. The Bertz CT molecular complexity index is 322. The van der Waals surface area contributed by atoms with Gasteiger partial charge in [-0.3, -0.25) is 0 Å². The SMILES string of the molecule is COC(=O)COc1ccccc1CCO. The average Bonchev–Trinajstić information content (AvgIpc) is 2.28. The molecule has 0 fully saturated rings. The van der Waals surface area contributed by atoms with Crippen molar-refractivity contribution in [3.63, 3.8) is 0 Å². The third-order valence-corrected chi connectivity index (χ3v) is 1.93. The molecule has 0 atom stereocenters. The highest BCUT2D eigenvalue weighted by Crippen LogP contribution is 2.18. The third-order valence-electron chi connectivity index (χ3n) is 1.93. The number of aliphatic hydroxyl groups excluding tert-OH is 1. The molecule has 15 heavy (non-hydrogen) atoms. The molecule has 0 radical (unpaired) electrons. The van der Waals surface area contributed by atoms with Gasteiger partial charge in [0.2, 0.25) is 0 Å². The Hall–Kier alpha value is -1.55. The van der Waals surface area contributed by atoms with Gasteiger partial charge in [-0.15, -0.1) is 0 Å². The van der Waals surface area contributed by atoms with Crippen molar-refractivity contribution in [2.24, 2.45) is 0 Å². The maximum absolute atomic E-state index is 10.9. The minimum atomic E-state index is -0.422. The molecule has 0 saturated carbocycles. The Kier molecular flexibility index (Phi) is 4.63. The van der Waals surface area contributed by atoms with Crippen LogP contribution in [0.4, 0.5) is 0 Å². The molecular weight excluding hydrogens is 196 g/mol. The molecule has 0 aliphatic carbocycles. The van der Waals surface area contributed by atoms with Crippen molar-refractivity contribution >= 4 is 5.97 Å². The molecule has 0 bridgehead atoms.